The number of amides is 1. The van der Waals surface area contributed by atoms with Crippen LogP contribution in [-0.4, -0.2) is 31.7 Å². The summed E-state index contributed by atoms with van der Waals surface area (Å²) < 4.78 is 6.88. The number of anilines is 1. The predicted molar refractivity (Wildman–Crippen MR) is 104 cm³/mol. The van der Waals surface area contributed by atoms with E-state index >= 15 is 0 Å². The quantitative estimate of drug-likeness (QED) is 0.646. The van der Waals surface area contributed by atoms with Crippen LogP contribution < -0.4 is 5.32 Å². The van der Waals surface area contributed by atoms with Crippen molar-refractivity contribution in [3.8, 4) is 0 Å². The molecule has 0 aliphatic rings. The van der Waals surface area contributed by atoms with Gasteiger partial charge in [-0.05, 0) is 30.7 Å². The summed E-state index contributed by atoms with van der Waals surface area (Å²) in [6.07, 6.45) is 3.22. The Hall–Kier alpha value is -3.16. The van der Waals surface area contributed by atoms with Crippen LogP contribution in [0.2, 0.25) is 0 Å². The Balaban J connectivity index is 1.53. The molecule has 0 unspecified atom stereocenters. The molecule has 2 N–H and O–H groups in total. The van der Waals surface area contributed by atoms with Crippen molar-refractivity contribution in [2.75, 3.05) is 5.32 Å². The highest BCUT2D eigenvalue weighted by molar-refractivity contribution is 5.94. The fourth-order valence-corrected chi connectivity index (χ4v) is 2.85. The summed E-state index contributed by atoms with van der Waals surface area (Å²) in [6, 6.07) is 7.24. The van der Waals surface area contributed by atoms with Gasteiger partial charge < -0.3 is 19.5 Å². The van der Waals surface area contributed by atoms with Crippen molar-refractivity contribution >= 4 is 28.5 Å². The number of aliphatic carboxylic acids is 1. The molecule has 0 radical (unpaired) electrons. The van der Waals surface area contributed by atoms with Gasteiger partial charge in [0, 0.05) is 41.0 Å². The molecule has 0 atom stereocenters. The van der Waals surface area contributed by atoms with Gasteiger partial charge in [0.05, 0.1) is 0 Å². The first kappa shape index (κ1) is 19.6. The highest BCUT2D eigenvalue weighted by Gasteiger charge is 2.20. The van der Waals surface area contributed by atoms with Crippen LogP contribution in [0, 0.1) is 0 Å². The number of carbonyl (C=O) groups excluding carboxylic acids is 1. The van der Waals surface area contributed by atoms with Crippen molar-refractivity contribution in [2.24, 2.45) is 0 Å². The Morgan fingerprint density at radius 2 is 2.04 bits per heavy atom. The third-order valence-corrected chi connectivity index (χ3v) is 4.29. The van der Waals surface area contributed by atoms with Gasteiger partial charge in [-0.25, -0.2) is 0 Å². The number of nitrogens with zero attached hydrogens (tertiary/aromatic N) is 3. The van der Waals surface area contributed by atoms with Crippen LogP contribution in [0.4, 0.5) is 5.69 Å². The molecule has 2 aromatic heterocycles. The van der Waals surface area contributed by atoms with Gasteiger partial charge in [0.15, 0.2) is 5.82 Å². The fourth-order valence-electron chi connectivity index (χ4n) is 2.85. The van der Waals surface area contributed by atoms with Gasteiger partial charge in [-0.15, -0.1) is 0 Å². The second kappa shape index (κ2) is 7.84. The van der Waals surface area contributed by atoms with E-state index < -0.39 is 5.97 Å². The van der Waals surface area contributed by atoms with Gasteiger partial charge in [0.2, 0.25) is 11.8 Å². The van der Waals surface area contributed by atoms with E-state index in [1.807, 2.05) is 32.9 Å². The molecule has 0 aliphatic carbocycles. The minimum Gasteiger partial charge on any atom is -0.480 e. The number of fused-ring (bicyclic) bond motifs is 1. The van der Waals surface area contributed by atoms with Crippen molar-refractivity contribution in [3.63, 3.8) is 0 Å². The molecule has 2 heterocycles. The molecule has 8 heteroatoms. The van der Waals surface area contributed by atoms with Crippen molar-refractivity contribution in [1.82, 2.24) is 14.7 Å². The lowest BCUT2D eigenvalue weighted by molar-refractivity contribution is -0.137. The molecule has 1 aromatic carbocycles. The van der Waals surface area contributed by atoms with Gasteiger partial charge in [-0.3, -0.25) is 9.59 Å². The standard InChI is InChI=1S/C20H24N4O4/c1-20(2,3)19-22-17(28-23-19)6-4-5-16(25)21-14-7-8-15-13(11-14)9-10-24(15)12-18(26)27/h7-11H,4-6,12H2,1-3H3,(H,21,25)(H,26,27). The zero-order chi connectivity index (χ0) is 20.3. The van der Waals surface area contributed by atoms with E-state index in [1.54, 1.807) is 22.9 Å². The third kappa shape index (κ3) is 4.76. The van der Waals surface area contributed by atoms with Crippen LogP contribution in [0.5, 0.6) is 0 Å². The summed E-state index contributed by atoms with van der Waals surface area (Å²) in [7, 11) is 0. The second-order valence-corrected chi connectivity index (χ2v) is 7.77. The maximum Gasteiger partial charge on any atom is 0.323 e. The molecule has 148 valence electrons. The van der Waals surface area contributed by atoms with Crippen LogP contribution in [0.3, 0.4) is 0 Å². The molecule has 0 saturated heterocycles. The van der Waals surface area contributed by atoms with Crippen molar-refractivity contribution in [1.29, 1.82) is 0 Å². The molecule has 28 heavy (non-hydrogen) atoms. The molecule has 0 aliphatic heterocycles. The van der Waals surface area contributed by atoms with Gasteiger partial charge in [-0.2, -0.15) is 4.98 Å². The minimum absolute atomic E-state index is 0.0954. The van der Waals surface area contributed by atoms with E-state index in [0.29, 0.717) is 36.7 Å². The molecule has 0 fully saturated rings. The van der Waals surface area contributed by atoms with Crippen LogP contribution in [0.1, 0.15) is 45.3 Å². The number of carboxylic acid groups (broad SMARTS) is 1. The number of carboxylic acids is 1. The molecule has 0 bridgehead atoms. The van der Waals surface area contributed by atoms with Crippen molar-refractivity contribution < 1.29 is 19.2 Å². The summed E-state index contributed by atoms with van der Waals surface area (Å²) in [5, 5.41) is 16.7. The molecule has 3 aromatic rings. The highest BCUT2D eigenvalue weighted by atomic mass is 16.5. The number of hydrogen-bond acceptors (Lipinski definition) is 5. The summed E-state index contributed by atoms with van der Waals surface area (Å²) in [6.45, 7) is 5.95. The van der Waals surface area contributed by atoms with E-state index in [0.717, 1.165) is 10.9 Å². The molecule has 1 amide bonds. The maximum absolute atomic E-state index is 12.2. The van der Waals surface area contributed by atoms with E-state index in [-0.39, 0.29) is 17.9 Å². The van der Waals surface area contributed by atoms with Crippen molar-refractivity contribution in [2.45, 2.75) is 52.0 Å². The number of carbonyl (C=O) groups is 2. The van der Waals surface area contributed by atoms with Gasteiger partial charge in [-0.1, -0.05) is 25.9 Å². The summed E-state index contributed by atoms with van der Waals surface area (Å²) >= 11 is 0. The molecule has 0 saturated carbocycles. The number of nitrogens with one attached hydrogen (secondary N) is 1. The van der Waals surface area contributed by atoms with Crippen LogP contribution in [0.15, 0.2) is 35.0 Å². The normalized spacial score (nSPS) is 11.7. The van der Waals surface area contributed by atoms with Gasteiger partial charge >= 0.3 is 5.97 Å². The van der Waals surface area contributed by atoms with Crippen LogP contribution in [0.25, 0.3) is 10.9 Å². The maximum atomic E-state index is 12.2. The SMILES string of the molecule is CC(C)(C)c1noc(CCCC(=O)Nc2ccc3c(ccn3CC(=O)O)c2)n1. The molecular formula is C20H24N4O4. The zero-order valence-electron chi connectivity index (χ0n) is 16.2. The highest BCUT2D eigenvalue weighted by Crippen LogP contribution is 2.21. The van der Waals surface area contributed by atoms with Gasteiger partial charge in [0.25, 0.3) is 0 Å². The Morgan fingerprint density at radius 3 is 2.71 bits per heavy atom. The average molecular weight is 384 g/mol. The van der Waals surface area contributed by atoms with Gasteiger partial charge in [0.1, 0.15) is 6.54 Å². The molecule has 3 rings (SSSR count). The lowest BCUT2D eigenvalue weighted by Crippen LogP contribution is -2.13. The topological polar surface area (TPSA) is 110 Å². The van der Waals surface area contributed by atoms with Crippen LogP contribution in [-0.2, 0) is 28.0 Å². The lowest BCUT2D eigenvalue weighted by atomic mass is 9.96. The number of aromatic nitrogens is 3. The number of benzene rings is 1. The van der Waals surface area contributed by atoms with E-state index in [4.69, 9.17) is 9.63 Å². The summed E-state index contributed by atoms with van der Waals surface area (Å²) in [4.78, 5) is 27.4. The third-order valence-electron chi connectivity index (χ3n) is 4.29. The first-order valence-corrected chi connectivity index (χ1v) is 9.16. The second-order valence-electron chi connectivity index (χ2n) is 7.77. The largest absolute Gasteiger partial charge is 0.480 e. The summed E-state index contributed by atoms with van der Waals surface area (Å²) in [5.74, 6) is 0.208. The Morgan fingerprint density at radius 1 is 1.25 bits per heavy atom. The predicted octanol–water partition coefficient (Wildman–Crippen LogP) is 3.37. The molecular weight excluding hydrogens is 360 g/mol. The van der Waals surface area contributed by atoms with E-state index in [2.05, 4.69) is 15.5 Å². The monoisotopic (exact) mass is 384 g/mol. The molecule has 0 spiro atoms. The Kier molecular flexibility index (Phi) is 5.48. The molecule has 8 nitrogen and oxygen atoms in total. The zero-order valence-corrected chi connectivity index (χ0v) is 16.2. The van der Waals surface area contributed by atoms with E-state index in [9.17, 15) is 9.59 Å². The first-order valence-electron chi connectivity index (χ1n) is 9.16. The number of hydrogen-bond donors (Lipinski definition) is 2. The van der Waals surface area contributed by atoms with Crippen molar-refractivity contribution in [3.05, 3.63) is 42.2 Å². The Bertz CT molecular complexity index is 997. The smallest absolute Gasteiger partial charge is 0.323 e. The number of rotatable bonds is 7. The number of aryl methyl sites for hydroxylation is 1. The van der Waals surface area contributed by atoms with E-state index in [1.165, 1.54) is 0 Å². The minimum atomic E-state index is -0.897. The van der Waals surface area contributed by atoms with Crippen LogP contribution >= 0.6 is 0 Å². The fraction of sp³-hybridized carbons (Fsp3) is 0.400. The lowest BCUT2D eigenvalue weighted by Gasteiger charge is -2.10. The Labute approximate surface area is 162 Å². The first-order chi connectivity index (χ1) is 13.2. The average Bonchev–Trinajstić information content (AvgIpc) is 3.21. The summed E-state index contributed by atoms with van der Waals surface area (Å²) in [5.41, 5.74) is 1.33.